The van der Waals surface area contributed by atoms with Gasteiger partial charge < -0.3 is 34.3 Å². The van der Waals surface area contributed by atoms with Gasteiger partial charge in [0.25, 0.3) is 0 Å². The third-order valence-corrected chi connectivity index (χ3v) is 6.87. The van der Waals surface area contributed by atoms with Crippen LogP contribution in [-0.2, 0) is 14.4 Å². The number of carbonyl (C=O) groups is 3. The Morgan fingerprint density at radius 3 is 2.38 bits per heavy atom. The molecule has 1 aliphatic carbocycles. The van der Waals surface area contributed by atoms with Crippen LogP contribution < -0.4 is 18.9 Å². The van der Waals surface area contributed by atoms with Gasteiger partial charge in [-0.3, -0.25) is 4.79 Å². The number of carboxylic acid groups (broad SMARTS) is 3. The SMILES string of the molecule is COc1ccc(C2c3cc(/C=C/C(=O)O)ccc3C(c3ccc4c(c3)OCO4)C2C(=O)O)c(OCC(=O)O)c1. The number of hydrogen-bond donors (Lipinski definition) is 3. The average molecular weight is 533 g/mol. The lowest BCUT2D eigenvalue weighted by atomic mass is 9.79. The van der Waals surface area contributed by atoms with Crippen LogP contribution in [0.5, 0.6) is 23.0 Å². The molecule has 39 heavy (non-hydrogen) atoms. The van der Waals surface area contributed by atoms with E-state index in [1.54, 1.807) is 48.5 Å². The Morgan fingerprint density at radius 2 is 1.67 bits per heavy atom. The summed E-state index contributed by atoms with van der Waals surface area (Å²) in [6.45, 7) is -0.565. The fourth-order valence-corrected chi connectivity index (χ4v) is 5.30. The van der Waals surface area contributed by atoms with E-state index in [2.05, 4.69) is 0 Å². The summed E-state index contributed by atoms with van der Waals surface area (Å²) in [6.07, 6.45) is 2.43. The lowest BCUT2D eigenvalue weighted by Crippen LogP contribution is -2.24. The van der Waals surface area contributed by atoms with E-state index in [0.29, 0.717) is 39.5 Å². The summed E-state index contributed by atoms with van der Waals surface area (Å²) in [5.74, 6) is -4.10. The van der Waals surface area contributed by atoms with E-state index in [1.807, 2.05) is 0 Å². The molecular weight excluding hydrogens is 508 g/mol. The summed E-state index contributed by atoms with van der Waals surface area (Å²) in [4.78, 5) is 35.4. The van der Waals surface area contributed by atoms with Crippen LogP contribution in [0.1, 0.15) is 39.7 Å². The van der Waals surface area contributed by atoms with Gasteiger partial charge in [0.15, 0.2) is 18.1 Å². The van der Waals surface area contributed by atoms with Crippen LogP contribution in [0, 0.1) is 5.92 Å². The van der Waals surface area contributed by atoms with Gasteiger partial charge in [0, 0.05) is 29.5 Å². The maximum atomic E-state index is 13.0. The highest BCUT2D eigenvalue weighted by molar-refractivity contribution is 5.85. The molecule has 3 unspecified atom stereocenters. The maximum Gasteiger partial charge on any atom is 0.341 e. The molecule has 2 aliphatic rings. The van der Waals surface area contributed by atoms with Crippen molar-refractivity contribution in [3.05, 3.63) is 88.5 Å². The van der Waals surface area contributed by atoms with E-state index in [4.69, 9.17) is 24.1 Å². The zero-order chi connectivity index (χ0) is 27.7. The molecule has 3 atom stereocenters. The number of fused-ring (bicyclic) bond motifs is 2. The first-order valence-corrected chi connectivity index (χ1v) is 12.0. The Balaban J connectivity index is 1.71. The Morgan fingerprint density at radius 1 is 0.897 bits per heavy atom. The molecule has 0 spiro atoms. The number of methoxy groups -OCH3 is 1. The van der Waals surface area contributed by atoms with Crippen molar-refractivity contribution in [3.8, 4) is 23.0 Å². The number of aliphatic carboxylic acids is 3. The molecule has 10 heteroatoms. The smallest absolute Gasteiger partial charge is 0.341 e. The van der Waals surface area contributed by atoms with Gasteiger partial charge in [-0.15, -0.1) is 0 Å². The van der Waals surface area contributed by atoms with Crippen LogP contribution in [0.25, 0.3) is 6.08 Å². The van der Waals surface area contributed by atoms with Crippen molar-refractivity contribution in [2.24, 2.45) is 5.92 Å². The number of ether oxygens (including phenoxy) is 4. The number of carboxylic acids is 3. The Bertz CT molecular complexity index is 1490. The molecule has 0 saturated heterocycles. The van der Waals surface area contributed by atoms with E-state index < -0.39 is 42.3 Å². The van der Waals surface area contributed by atoms with Gasteiger partial charge in [0.2, 0.25) is 6.79 Å². The second kappa shape index (κ2) is 10.4. The van der Waals surface area contributed by atoms with Crippen LogP contribution in [0.4, 0.5) is 0 Å². The molecule has 10 nitrogen and oxygen atoms in total. The second-order valence-electron chi connectivity index (χ2n) is 9.08. The average Bonchev–Trinajstić information content (AvgIpc) is 3.52. The van der Waals surface area contributed by atoms with Gasteiger partial charge in [-0.2, -0.15) is 0 Å². The fraction of sp³-hybridized carbons (Fsp3) is 0.207. The molecular formula is C29H24O10. The normalized spacial score (nSPS) is 19.1. The van der Waals surface area contributed by atoms with Crippen LogP contribution in [0.15, 0.2) is 60.7 Å². The third-order valence-electron chi connectivity index (χ3n) is 6.87. The molecule has 0 aromatic heterocycles. The number of hydrogen-bond acceptors (Lipinski definition) is 7. The van der Waals surface area contributed by atoms with Crippen molar-refractivity contribution in [1.82, 2.24) is 0 Å². The zero-order valence-corrected chi connectivity index (χ0v) is 20.7. The predicted molar refractivity (Wildman–Crippen MR) is 137 cm³/mol. The van der Waals surface area contributed by atoms with Gasteiger partial charge in [-0.25, -0.2) is 9.59 Å². The summed E-state index contributed by atoms with van der Waals surface area (Å²) in [5, 5.41) is 28.9. The Labute approximate surface area is 222 Å². The highest BCUT2D eigenvalue weighted by Crippen LogP contribution is 2.55. The van der Waals surface area contributed by atoms with Crippen molar-refractivity contribution < 1.29 is 48.7 Å². The zero-order valence-electron chi connectivity index (χ0n) is 20.7. The Hall–Kier alpha value is -4.99. The maximum absolute atomic E-state index is 13.0. The highest BCUT2D eigenvalue weighted by atomic mass is 16.7. The summed E-state index contributed by atoms with van der Waals surface area (Å²) in [5.41, 5.74) is 3.12. The molecule has 0 amide bonds. The minimum atomic E-state index is -1.19. The molecule has 0 saturated carbocycles. The summed E-state index contributed by atoms with van der Waals surface area (Å²) in [7, 11) is 1.46. The van der Waals surface area contributed by atoms with E-state index in [0.717, 1.165) is 11.6 Å². The number of rotatable bonds is 9. The highest BCUT2D eigenvalue weighted by Gasteiger charge is 2.47. The predicted octanol–water partition coefficient (Wildman–Crippen LogP) is 3.96. The second-order valence-corrected chi connectivity index (χ2v) is 9.08. The molecule has 200 valence electrons. The van der Waals surface area contributed by atoms with Crippen molar-refractivity contribution >= 4 is 24.0 Å². The van der Waals surface area contributed by atoms with E-state index >= 15 is 0 Å². The first-order chi connectivity index (χ1) is 18.8. The first kappa shape index (κ1) is 25.7. The lowest BCUT2D eigenvalue weighted by molar-refractivity contribution is -0.142. The van der Waals surface area contributed by atoms with Crippen LogP contribution >= 0.6 is 0 Å². The summed E-state index contributed by atoms with van der Waals surface area (Å²) in [6, 6.07) is 15.4. The molecule has 3 aromatic carbocycles. The molecule has 0 radical (unpaired) electrons. The van der Waals surface area contributed by atoms with Crippen LogP contribution in [0.3, 0.4) is 0 Å². The molecule has 3 N–H and O–H groups in total. The fourth-order valence-electron chi connectivity index (χ4n) is 5.30. The molecule has 3 aromatic rings. The minimum absolute atomic E-state index is 0.0699. The topological polar surface area (TPSA) is 149 Å². The minimum Gasteiger partial charge on any atom is -0.497 e. The van der Waals surface area contributed by atoms with E-state index in [-0.39, 0.29) is 12.5 Å². The van der Waals surface area contributed by atoms with Gasteiger partial charge in [0.1, 0.15) is 11.5 Å². The first-order valence-electron chi connectivity index (χ1n) is 12.0. The van der Waals surface area contributed by atoms with Crippen molar-refractivity contribution in [3.63, 3.8) is 0 Å². The van der Waals surface area contributed by atoms with Crippen LogP contribution in [0.2, 0.25) is 0 Å². The Kier molecular flexibility index (Phi) is 6.84. The van der Waals surface area contributed by atoms with Crippen molar-refractivity contribution in [2.45, 2.75) is 11.8 Å². The van der Waals surface area contributed by atoms with Crippen molar-refractivity contribution in [2.75, 3.05) is 20.5 Å². The summed E-state index contributed by atoms with van der Waals surface area (Å²) < 4.78 is 21.9. The quantitative estimate of drug-likeness (QED) is 0.346. The molecule has 5 rings (SSSR count). The molecule has 1 heterocycles. The third kappa shape index (κ3) is 4.96. The largest absolute Gasteiger partial charge is 0.497 e. The van der Waals surface area contributed by atoms with Gasteiger partial charge in [-0.05, 0) is 46.5 Å². The van der Waals surface area contributed by atoms with E-state index in [1.165, 1.54) is 19.3 Å². The van der Waals surface area contributed by atoms with Gasteiger partial charge in [-0.1, -0.05) is 30.3 Å². The number of benzene rings is 3. The van der Waals surface area contributed by atoms with Gasteiger partial charge in [0.05, 0.1) is 13.0 Å². The standard InChI is InChI=1S/C29H24O10/c1-36-17-5-7-19(22(12-17)37-13-25(32)33)27-20-10-15(3-9-24(30)31)2-6-18(20)26(28(27)29(34)35)16-4-8-21-23(11-16)39-14-38-21/h2-12,26-28H,13-14H2,1H3,(H,30,31)(H,32,33)(H,34,35)/b9-3+. The molecule has 0 bridgehead atoms. The monoisotopic (exact) mass is 532 g/mol. The summed E-state index contributed by atoms with van der Waals surface area (Å²) >= 11 is 0. The van der Waals surface area contributed by atoms with Crippen molar-refractivity contribution in [1.29, 1.82) is 0 Å². The van der Waals surface area contributed by atoms with Crippen LogP contribution in [-0.4, -0.2) is 53.7 Å². The lowest BCUT2D eigenvalue weighted by Gasteiger charge is -2.24. The molecule has 0 fully saturated rings. The van der Waals surface area contributed by atoms with Gasteiger partial charge >= 0.3 is 17.9 Å². The molecule has 1 aliphatic heterocycles. The van der Waals surface area contributed by atoms with E-state index in [9.17, 15) is 24.6 Å².